The van der Waals surface area contributed by atoms with Crippen molar-refractivity contribution in [2.24, 2.45) is 0 Å². The van der Waals surface area contributed by atoms with E-state index in [1.165, 1.54) is 0 Å². The average Bonchev–Trinajstić information content (AvgIpc) is 2.95. The average molecular weight is 256 g/mol. The van der Waals surface area contributed by atoms with Crippen LogP contribution in [0, 0.1) is 0 Å². The van der Waals surface area contributed by atoms with Crippen LogP contribution in [0.1, 0.15) is 16.8 Å². The quantitative estimate of drug-likeness (QED) is 0.873. The van der Waals surface area contributed by atoms with Crippen molar-refractivity contribution < 1.29 is 4.79 Å². The number of nitrogens with zero attached hydrogens (tertiary/aromatic N) is 3. The number of hydrogen-bond acceptors (Lipinski definition) is 4. The second kappa shape index (κ2) is 4.93. The standard InChI is InChI=1S/C14H16N4O/c1-15-10-5-8-18(9-10)14(19)11-3-2-4-12-13(11)17-7-6-16-12/h2-4,6-7,10,15H,5,8-9H2,1H3. The SMILES string of the molecule is CNC1CCN(C(=O)c2cccc3nccnc23)C1. The molecule has 2 aromatic rings. The highest BCUT2D eigenvalue weighted by atomic mass is 16.2. The minimum Gasteiger partial charge on any atom is -0.337 e. The van der Waals surface area contributed by atoms with Gasteiger partial charge in [-0.3, -0.25) is 14.8 Å². The van der Waals surface area contributed by atoms with Gasteiger partial charge in [-0.05, 0) is 25.6 Å². The molecule has 0 spiro atoms. The number of likely N-dealkylation sites (tertiary alicyclic amines) is 1. The Balaban J connectivity index is 1.94. The van der Waals surface area contributed by atoms with E-state index in [0.29, 0.717) is 17.1 Å². The fourth-order valence-corrected chi connectivity index (χ4v) is 2.52. The van der Waals surface area contributed by atoms with Gasteiger partial charge in [0.1, 0.15) is 5.52 Å². The highest BCUT2D eigenvalue weighted by Crippen LogP contribution is 2.18. The number of rotatable bonds is 2. The molecule has 1 aliphatic heterocycles. The molecule has 0 radical (unpaired) electrons. The molecule has 1 fully saturated rings. The fraction of sp³-hybridized carbons (Fsp3) is 0.357. The maximum atomic E-state index is 12.6. The molecule has 1 saturated heterocycles. The topological polar surface area (TPSA) is 58.1 Å². The Kier molecular flexibility index (Phi) is 3.13. The van der Waals surface area contributed by atoms with Crippen LogP contribution >= 0.6 is 0 Å². The molecule has 1 aromatic heterocycles. The van der Waals surface area contributed by atoms with Gasteiger partial charge in [0.2, 0.25) is 0 Å². The van der Waals surface area contributed by atoms with Crippen LogP contribution in [0.25, 0.3) is 11.0 Å². The number of amides is 1. The highest BCUT2D eigenvalue weighted by Gasteiger charge is 2.27. The first-order valence-corrected chi connectivity index (χ1v) is 6.46. The molecular formula is C14H16N4O. The van der Waals surface area contributed by atoms with Crippen molar-refractivity contribution in [2.45, 2.75) is 12.5 Å². The van der Waals surface area contributed by atoms with Gasteiger partial charge in [0, 0.05) is 31.5 Å². The molecule has 19 heavy (non-hydrogen) atoms. The van der Waals surface area contributed by atoms with E-state index in [1.54, 1.807) is 12.4 Å². The molecule has 1 N–H and O–H groups in total. The van der Waals surface area contributed by atoms with E-state index in [4.69, 9.17) is 0 Å². The second-order valence-corrected chi connectivity index (χ2v) is 4.76. The summed E-state index contributed by atoms with van der Waals surface area (Å²) in [5.74, 6) is 0.0452. The third-order valence-electron chi connectivity index (χ3n) is 3.61. The van der Waals surface area contributed by atoms with Crippen LogP contribution in [0.15, 0.2) is 30.6 Å². The lowest BCUT2D eigenvalue weighted by molar-refractivity contribution is 0.0791. The zero-order valence-corrected chi connectivity index (χ0v) is 10.8. The minimum absolute atomic E-state index is 0.0452. The van der Waals surface area contributed by atoms with Crippen LogP contribution < -0.4 is 5.32 Å². The molecule has 3 rings (SSSR count). The number of likely N-dealkylation sites (N-methyl/N-ethyl adjacent to an activating group) is 1. The van der Waals surface area contributed by atoms with Crippen LogP contribution in [-0.2, 0) is 0 Å². The summed E-state index contributed by atoms with van der Waals surface area (Å²) in [4.78, 5) is 23.0. The molecule has 1 unspecified atom stereocenters. The van der Waals surface area contributed by atoms with Gasteiger partial charge in [-0.25, -0.2) is 0 Å². The predicted octanol–water partition coefficient (Wildman–Crippen LogP) is 1.06. The van der Waals surface area contributed by atoms with E-state index in [0.717, 1.165) is 25.0 Å². The molecule has 5 heteroatoms. The third-order valence-corrected chi connectivity index (χ3v) is 3.61. The van der Waals surface area contributed by atoms with Gasteiger partial charge < -0.3 is 10.2 Å². The van der Waals surface area contributed by atoms with Gasteiger partial charge in [-0.2, -0.15) is 0 Å². The summed E-state index contributed by atoms with van der Waals surface area (Å²) < 4.78 is 0. The smallest absolute Gasteiger partial charge is 0.256 e. The first-order valence-electron chi connectivity index (χ1n) is 6.46. The Hall–Kier alpha value is -2.01. The van der Waals surface area contributed by atoms with E-state index in [9.17, 15) is 4.79 Å². The van der Waals surface area contributed by atoms with Crippen molar-refractivity contribution >= 4 is 16.9 Å². The van der Waals surface area contributed by atoms with Crippen molar-refractivity contribution in [1.82, 2.24) is 20.2 Å². The minimum atomic E-state index is 0.0452. The molecule has 0 bridgehead atoms. The van der Waals surface area contributed by atoms with E-state index in [2.05, 4.69) is 15.3 Å². The summed E-state index contributed by atoms with van der Waals surface area (Å²) in [6, 6.07) is 5.95. The van der Waals surface area contributed by atoms with Gasteiger partial charge in [0.15, 0.2) is 0 Å². The van der Waals surface area contributed by atoms with Gasteiger partial charge >= 0.3 is 0 Å². The summed E-state index contributed by atoms with van der Waals surface area (Å²) in [7, 11) is 1.93. The summed E-state index contributed by atoms with van der Waals surface area (Å²) in [6.45, 7) is 1.55. The number of aromatic nitrogens is 2. The van der Waals surface area contributed by atoms with Crippen LogP contribution in [0.2, 0.25) is 0 Å². The molecule has 2 heterocycles. The summed E-state index contributed by atoms with van der Waals surface area (Å²) in [5.41, 5.74) is 2.09. The first kappa shape index (κ1) is 12.0. The Morgan fingerprint density at radius 1 is 1.37 bits per heavy atom. The number of nitrogens with one attached hydrogen (secondary N) is 1. The van der Waals surface area contributed by atoms with E-state index in [-0.39, 0.29) is 5.91 Å². The zero-order chi connectivity index (χ0) is 13.2. The number of carbonyl (C=O) groups excluding carboxylic acids is 1. The van der Waals surface area contributed by atoms with Gasteiger partial charge in [0.05, 0.1) is 11.1 Å². The maximum absolute atomic E-state index is 12.6. The first-order chi connectivity index (χ1) is 9.29. The Bertz CT molecular complexity index is 608. The van der Waals surface area contributed by atoms with E-state index in [1.807, 2.05) is 30.1 Å². The van der Waals surface area contributed by atoms with Gasteiger partial charge in [-0.15, -0.1) is 0 Å². The van der Waals surface area contributed by atoms with Crippen LogP contribution in [-0.4, -0.2) is 47.0 Å². The Labute approximate surface area is 111 Å². The zero-order valence-electron chi connectivity index (χ0n) is 10.8. The number of benzene rings is 1. The van der Waals surface area contributed by atoms with E-state index < -0.39 is 0 Å². The van der Waals surface area contributed by atoms with Crippen LogP contribution in [0.3, 0.4) is 0 Å². The second-order valence-electron chi connectivity index (χ2n) is 4.76. The van der Waals surface area contributed by atoms with Gasteiger partial charge in [-0.1, -0.05) is 6.07 Å². The van der Waals surface area contributed by atoms with E-state index >= 15 is 0 Å². The highest BCUT2D eigenvalue weighted by molar-refractivity contribution is 6.04. The fourth-order valence-electron chi connectivity index (χ4n) is 2.52. The van der Waals surface area contributed by atoms with Crippen molar-refractivity contribution in [3.8, 4) is 0 Å². The van der Waals surface area contributed by atoms with Crippen molar-refractivity contribution in [1.29, 1.82) is 0 Å². The summed E-state index contributed by atoms with van der Waals surface area (Å²) >= 11 is 0. The molecule has 5 nitrogen and oxygen atoms in total. The normalized spacial score (nSPS) is 19.0. The molecule has 98 valence electrons. The lowest BCUT2D eigenvalue weighted by atomic mass is 10.1. The number of para-hydroxylation sites is 1. The maximum Gasteiger partial charge on any atom is 0.256 e. The number of fused-ring (bicyclic) bond motifs is 1. The third kappa shape index (κ3) is 2.17. The number of carbonyl (C=O) groups is 1. The Morgan fingerprint density at radius 2 is 2.21 bits per heavy atom. The monoisotopic (exact) mass is 256 g/mol. The number of hydrogen-bond donors (Lipinski definition) is 1. The molecular weight excluding hydrogens is 240 g/mol. The van der Waals surface area contributed by atoms with Crippen LogP contribution in [0.4, 0.5) is 0 Å². The van der Waals surface area contributed by atoms with Crippen molar-refractivity contribution in [2.75, 3.05) is 20.1 Å². The van der Waals surface area contributed by atoms with Crippen LogP contribution in [0.5, 0.6) is 0 Å². The van der Waals surface area contributed by atoms with Gasteiger partial charge in [0.25, 0.3) is 5.91 Å². The molecule has 1 amide bonds. The molecule has 0 saturated carbocycles. The molecule has 1 aromatic carbocycles. The summed E-state index contributed by atoms with van der Waals surface area (Å²) in [6.07, 6.45) is 4.27. The largest absolute Gasteiger partial charge is 0.337 e. The molecule has 1 aliphatic rings. The lowest BCUT2D eigenvalue weighted by Gasteiger charge is -2.17. The predicted molar refractivity (Wildman–Crippen MR) is 72.9 cm³/mol. The molecule has 0 aliphatic carbocycles. The Morgan fingerprint density at radius 3 is 3.00 bits per heavy atom. The lowest BCUT2D eigenvalue weighted by Crippen LogP contribution is -2.33. The molecule has 1 atom stereocenters. The summed E-state index contributed by atoms with van der Waals surface area (Å²) in [5, 5.41) is 3.22. The van der Waals surface area contributed by atoms with Crippen molar-refractivity contribution in [3.05, 3.63) is 36.2 Å². The van der Waals surface area contributed by atoms with Crippen molar-refractivity contribution in [3.63, 3.8) is 0 Å².